The molecule has 140 valence electrons. The predicted octanol–water partition coefficient (Wildman–Crippen LogP) is 3.60. The molecule has 0 atom stereocenters. The van der Waals surface area contributed by atoms with E-state index in [9.17, 15) is 4.79 Å². The Morgan fingerprint density at radius 1 is 1.14 bits per heavy atom. The lowest BCUT2D eigenvalue weighted by Gasteiger charge is -2.38. The maximum atomic E-state index is 12.8. The van der Waals surface area contributed by atoms with Crippen molar-refractivity contribution in [3.05, 3.63) is 65.7 Å². The van der Waals surface area contributed by atoms with Crippen molar-refractivity contribution in [1.82, 2.24) is 19.7 Å². The Labute approximate surface area is 166 Å². The monoisotopic (exact) mass is 390 g/mol. The molecule has 7 heteroatoms. The summed E-state index contributed by atoms with van der Waals surface area (Å²) in [6.45, 7) is 1.10. The van der Waals surface area contributed by atoms with Gasteiger partial charge in [-0.15, -0.1) is 11.3 Å². The predicted molar refractivity (Wildman–Crippen MR) is 109 cm³/mol. The fraction of sp³-hybridized carbons (Fsp3) is 0.190. The van der Waals surface area contributed by atoms with E-state index in [2.05, 4.69) is 10.1 Å². The number of carbonyl (C=O) groups excluding carboxylic acids is 1. The van der Waals surface area contributed by atoms with Crippen molar-refractivity contribution in [2.24, 2.45) is 7.05 Å². The van der Waals surface area contributed by atoms with E-state index in [1.54, 1.807) is 28.0 Å². The SMILES string of the molecule is Cn1nc(-c2cccs2)cc1C(=O)N1CC(Oc2ccc3ccccc3n2)C1. The normalized spacial score (nSPS) is 14.2. The second-order valence-corrected chi connectivity index (χ2v) is 7.76. The third-order valence-corrected chi connectivity index (χ3v) is 5.76. The van der Waals surface area contributed by atoms with Gasteiger partial charge in [-0.25, -0.2) is 4.98 Å². The minimum Gasteiger partial charge on any atom is -0.471 e. The molecule has 1 aliphatic rings. The van der Waals surface area contributed by atoms with Crippen molar-refractivity contribution in [3.63, 3.8) is 0 Å². The van der Waals surface area contributed by atoms with Crippen LogP contribution in [0.15, 0.2) is 60.0 Å². The molecule has 4 aromatic rings. The summed E-state index contributed by atoms with van der Waals surface area (Å²) >= 11 is 1.61. The van der Waals surface area contributed by atoms with Crippen LogP contribution in [-0.4, -0.2) is 44.8 Å². The fourth-order valence-corrected chi connectivity index (χ4v) is 4.02. The van der Waals surface area contributed by atoms with Gasteiger partial charge in [-0.05, 0) is 29.6 Å². The van der Waals surface area contributed by atoms with Gasteiger partial charge in [0.1, 0.15) is 17.5 Å². The smallest absolute Gasteiger partial charge is 0.272 e. The summed E-state index contributed by atoms with van der Waals surface area (Å²) in [5, 5.41) is 7.55. The molecule has 1 aromatic carbocycles. The topological polar surface area (TPSA) is 60.2 Å². The van der Waals surface area contributed by atoms with E-state index in [1.165, 1.54) is 0 Å². The molecule has 3 aromatic heterocycles. The number of thiophene rings is 1. The molecule has 1 fully saturated rings. The van der Waals surface area contributed by atoms with E-state index in [1.807, 2.05) is 60.0 Å². The Kier molecular flexibility index (Phi) is 4.09. The molecule has 0 radical (unpaired) electrons. The maximum Gasteiger partial charge on any atom is 0.272 e. The van der Waals surface area contributed by atoms with Crippen LogP contribution in [0.1, 0.15) is 10.5 Å². The van der Waals surface area contributed by atoms with E-state index >= 15 is 0 Å². The molecule has 1 aliphatic heterocycles. The molecule has 28 heavy (non-hydrogen) atoms. The van der Waals surface area contributed by atoms with Gasteiger partial charge in [-0.1, -0.05) is 24.3 Å². The van der Waals surface area contributed by atoms with Crippen molar-refractivity contribution >= 4 is 28.1 Å². The van der Waals surface area contributed by atoms with Crippen molar-refractivity contribution in [1.29, 1.82) is 0 Å². The lowest BCUT2D eigenvalue weighted by molar-refractivity contribution is 0.0153. The van der Waals surface area contributed by atoms with E-state index in [0.717, 1.165) is 21.5 Å². The van der Waals surface area contributed by atoms with E-state index in [0.29, 0.717) is 24.7 Å². The highest BCUT2D eigenvalue weighted by Gasteiger charge is 2.34. The first-order chi connectivity index (χ1) is 13.7. The summed E-state index contributed by atoms with van der Waals surface area (Å²) in [6.07, 6.45) is -0.0393. The van der Waals surface area contributed by atoms with Crippen molar-refractivity contribution in [2.75, 3.05) is 13.1 Å². The average molecular weight is 390 g/mol. The van der Waals surface area contributed by atoms with Crippen molar-refractivity contribution < 1.29 is 9.53 Å². The summed E-state index contributed by atoms with van der Waals surface area (Å²) in [5.41, 5.74) is 2.32. The molecular formula is C21H18N4O2S. The molecule has 0 spiro atoms. The van der Waals surface area contributed by atoms with Crippen LogP contribution in [0.25, 0.3) is 21.5 Å². The van der Waals surface area contributed by atoms with Crippen LogP contribution in [0.5, 0.6) is 5.88 Å². The van der Waals surface area contributed by atoms with Gasteiger partial charge in [0, 0.05) is 18.5 Å². The molecule has 0 saturated carbocycles. The van der Waals surface area contributed by atoms with Gasteiger partial charge in [-0.2, -0.15) is 5.10 Å². The second kappa shape index (κ2) is 6.76. The van der Waals surface area contributed by atoms with Crippen LogP contribution < -0.4 is 4.74 Å². The largest absolute Gasteiger partial charge is 0.471 e. The average Bonchev–Trinajstić information content (AvgIpc) is 3.33. The Balaban J connectivity index is 1.24. The molecule has 5 rings (SSSR count). The van der Waals surface area contributed by atoms with Crippen molar-refractivity contribution in [2.45, 2.75) is 6.10 Å². The number of hydrogen-bond acceptors (Lipinski definition) is 5. The van der Waals surface area contributed by atoms with Crippen LogP contribution in [0.4, 0.5) is 0 Å². The molecule has 0 unspecified atom stereocenters. The van der Waals surface area contributed by atoms with Crippen LogP contribution in [0, 0.1) is 0 Å². The van der Waals surface area contributed by atoms with Gasteiger partial charge in [-0.3, -0.25) is 9.48 Å². The Morgan fingerprint density at radius 3 is 2.82 bits per heavy atom. The number of aryl methyl sites for hydroxylation is 1. The molecule has 4 heterocycles. The third kappa shape index (κ3) is 3.03. The first-order valence-corrected chi connectivity index (χ1v) is 9.95. The standard InChI is InChI=1S/C21H18N4O2S/c1-24-18(11-17(23-24)19-7-4-10-28-19)21(26)25-12-15(13-25)27-20-9-8-14-5-2-3-6-16(14)22-20/h2-11,15H,12-13H2,1H3. The lowest BCUT2D eigenvalue weighted by Crippen LogP contribution is -2.56. The zero-order valence-electron chi connectivity index (χ0n) is 15.3. The number of rotatable bonds is 4. The second-order valence-electron chi connectivity index (χ2n) is 6.81. The van der Waals surface area contributed by atoms with Gasteiger partial charge in [0.05, 0.1) is 23.5 Å². The van der Waals surface area contributed by atoms with Crippen LogP contribution in [0.2, 0.25) is 0 Å². The van der Waals surface area contributed by atoms with Crippen LogP contribution >= 0.6 is 11.3 Å². The Morgan fingerprint density at radius 2 is 2.00 bits per heavy atom. The number of hydrogen-bond donors (Lipinski definition) is 0. The zero-order chi connectivity index (χ0) is 19.1. The lowest BCUT2D eigenvalue weighted by atomic mass is 10.1. The van der Waals surface area contributed by atoms with E-state index in [-0.39, 0.29) is 12.0 Å². The van der Waals surface area contributed by atoms with Gasteiger partial charge >= 0.3 is 0 Å². The maximum absolute atomic E-state index is 12.8. The number of fused-ring (bicyclic) bond motifs is 1. The highest BCUT2D eigenvalue weighted by atomic mass is 32.1. The molecule has 1 amide bonds. The van der Waals surface area contributed by atoms with Gasteiger partial charge in [0.25, 0.3) is 5.91 Å². The minimum atomic E-state index is -0.0393. The fourth-order valence-electron chi connectivity index (χ4n) is 3.34. The van der Waals surface area contributed by atoms with Crippen LogP contribution in [-0.2, 0) is 7.05 Å². The molecule has 1 saturated heterocycles. The van der Waals surface area contributed by atoms with Crippen molar-refractivity contribution in [3.8, 4) is 16.5 Å². The highest BCUT2D eigenvalue weighted by molar-refractivity contribution is 7.13. The molecule has 0 bridgehead atoms. The first-order valence-electron chi connectivity index (χ1n) is 9.07. The van der Waals surface area contributed by atoms with E-state index < -0.39 is 0 Å². The summed E-state index contributed by atoms with van der Waals surface area (Å²) in [7, 11) is 1.80. The van der Waals surface area contributed by atoms with Gasteiger partial charge in [0.15, 0.2) is 0 Å². The number of para-hydroxylation sites is 1. The number of nitrogens with zero attached hydrogens (tertiary/aromatic N) is 4. The molecule has 0 aliphatic carbocycles. The molecule has 0 N–H and O–H groups in total. The third-order valence-electron chi connectivity index (χ3n) is 4.87. The summed E-state index contributed by atoms with van der Waals surface area (Å²) < 4.78 is 7.59. The minimum absolute atomic E-state index is 0.0240. The number of benzene rings is 1. The quantitative estimate of drug-likeness (QED) is 0.534. The molecular weight excluding hydrogens is 372 g/mol. The van der Waals surface area contributed by atoms with Crippen LogP contribution in [0.3, 0.4) is 0 Å². The Bertz CT molecular complexity index is 1150. The number of amides is 1. The first kappa shape index (κ1) is 16.9. The number of aromatic nitrogens is 3. The number of likely N-dealkylation sites (tertiary alicyclic amines) is 1. The number of pyridine rings is 1. The Hall–Kier alpha value is -3.19. The summed E-state index contributed by atoms with van der Waals surface area (Å²) in [4.78, 5) is 20.2. The summed E-state index contributed by atoms with van der Waals surface area (Å²) in [5.74, 6) is 0.570. The number of carbonyl (C=O) groups is 1. The summed E-state index contributed by atoms with van der Waals surface area (Å²) in [6, 6.07) is 17.7. The van der Waals surface area contributed by atoms with E-state index in [4.69, 9.17) is 4.74 Å². The van der Waals surface area contributed by atoms with Gasteiger partial charge < -0.3 is 9.64 Å². The highest BCUT2D eigenvalue weighted by Crippen LogP contribution is 2.26. The molecule has 6 nitrogen and oxygen atoms in total. The number of ether oxygens (including phenoxy) is 1. The zero-order valence-corrected chi connectivity index (χ0v) is 16.1. The van der Waals surface area contributed by atoms with Gasteiger partial charge in [0.2, 0.25) is 5.88 Å².